The van der Waals surface area contributed by atoms with Gasteiger partial charge in [-0.05, 0) is 63.1 Å². The van der Waals surface area contributed by atoms with E-state index < -0.39 is 23.1 Å². The standard InChI is InChI=1S/C23H27F3N4O2/c1-22(2,3)32-21(31)30-11-13-7-15(10-23(13,4)12-30)27-19-6-5-18(28-29-19)16-8-14(24)9-17(25)20(16)26/h5-6,8-9,13,15H,7,10-12H2,1-4H3,(H,27,29)/t13-,15+,23+/m0/s1. The van der Waals surface area contributed by atoms with E-state index in [-0.39, 0.29) is 28.8 Å². The molecule has 0 radical (unpaired) electrons. The molecule has 2 aromatic rings. The van der Waals surface area contributed by atoms with Crippen molar-refractivity contribution >= 4 is 11.9 Å². The number of nitrogens with zero attached hydrogens (tertiary/aromatic N) is 3. The number of carbonyl (C=O) groups is 1. The van der Waals surface area contributed by atoms with Gasteiger partial charge in [-0.3, -0.25) is 0 Å². The van der Waals surface area contributed by atoms with Gasteiger partial charge in [0.2, 0.25) is 0 Å². The van der Waals surface area contributed by atoms with Crippen LogP contribution in [0.4, 0.5) is 23.8 Å². The minimum absolute atomic E-state index is 0.0236. The van der Waals surface area contributed by atoms with E-state index in [4.69, 9.17) is 4.74 Å². The fourth-order valence-electron chi connectivity index (χ4n) is 4.78. The largest absolute Gasteiger partial charge is 0.444 e. The van der Waals surface area contributed by atoms with Crippen LogP contribution in [-0.4, -0.2) is 45.9 Å². The minimum Gasteiger partial charge on any atom is -0.444 e. The second kappa shape index (κ2) is 7.94. The van der Waals surface area contributed by atoms with Crippen LogP contribution in [0.2, 0.25) is 0 Å². The fraction of sp³-hybridized carbons (Fsp3) is 0.522. The molecule has 2 heterocycles. The number of hydrogen-bond acceptors (Lipinski definition) is 5. The average molecular weight is 448 g/mol. The van der Waals surface area contributed by atoms with Gasteiger partial charge in [0.15, 0.2) is 11.6 Å². The first-order chi connectivity index (χ1) is 14.9. The Bertz CT molecular complexity index is 1030. The number of ether oxygens (including phenoxy) is 1. The normalized spacial score (nSPS) is 25.0. The van der Waals surface area contributed by atoms with Gasteiger partial charge in [-0.1, -0.05) is 6.92 Å². The maximum absolute atomic E-state index is 14.0. The van der Waals surface area contributed by atoms with Crippen LogP contribution in [0.25, 0.3) is 11.3 Å². The summed E-state index contributed by atoms with van der Waals surface area (Å²) < 4.78 is 46.4. The summed E-state index contributed by atoms with van der Waals surface area (Å²) in [7, 11) is 0. The molecule has 0 bridgehead atoms. The van der Waals surface area contributed by atoms with Gasteiger partial charge < -0.3 is 15.0 Å². The number of carbonyl (C=O) groups excluding carboxylic acids is 1. The molecule has 6 nitrogen and oxygen atoms in total. The van der Waals surface area contributed by atoms with Crippen LogP contribution in [0.1, 0.15) is 40.5 Å². The van der Waals surface area contributed by atoms with E-state index in [1.165, 1.54) is 6.07 Å². The number of nitrogens with one attached hydrogen (secondary N) is 1. The summed E-state index contributed by atoms with van der Waals surface area (Å²) >= 11 is 0. The summed E-state index contributed by atoms with van der Waals surface area (Å²) in [5.41, 5.74) is -0.768. The maximum Gasteiger partial charge on any atom is 0.410 e. The van der Waals surface area contributed by atoms with Crippen LogP contribution in [-0.2, 0) is 4.74 Å². The zero-order chi connectivity index (χ0) is 23.3. The summed E-state index contributed by atoms with van der Waals surface area (Å²) in [5.74, 6) is -2.47. The van der Waals surface area contributed by atoms with Crippen LogP contribution < -0.4 is 5.32 Å². The highest BCUT2D eigenvalue weighted by molar-refractivity contribution is 5.68. The lowest BCUT2D eigenvalue weighted by Crippen LogP contribution is -2.37. The molecule has 1 saturated heterocycles. The Balaban J connectivity index is 1.39. The summed E-state index contributed by atoms with van der Waals surface area (Å²) in [6, 6.07) is 4.63. The van der Waals surface area contributed by atoms with Crippen molar-refractivity contribution in [1.29, 1.82) is 0 Å². The highest BCUT2D eigenvalue weighted by Gasteiger charge is 2.51. The number of amides is 1. The number of fused-ring (bicyclic) bond motifs is 1. The SMILES string of the molecule is CC(C)(C)OC(=O)N1C[C@@H]2C[C@@H](Nc3ccc(-c4cc(F)cc(F)c4F)nn3)C[C@]2(C)C1. The van der Waals surface area contributed by atoms with E-state index in [0.29, 0.717) is 30.9 Å². The maximum atomic E-state index is 14.0. The molecule has 2 fully saturated rings. The van der Waals surface area contributed by atoms with Crippen molar-refractivity contribution in [1.82, 2.24) is 15.1 Å². The molecule has 4 rings (SSSR count). The van der Waals surface area contributed by atoms with Crippen molar-refractivity contribution in [3.63, 3.8) is 0 Å². The Labute approximate surface area is 185 Å². The predicted octanol–water partition coefficient (Wildman–Crippen LogP) is 5.01. The number of likely N-dealkylation sites (tertiary alicyclic amines) is 1. The second-order valence-electron chi connectivity index (χ2n) is 10.0. The molecule has 9 heteroatoms. The topological polar surface area (TPSA) is 67.3 Å². The molecule has 1 N–H and O–H groups in total. The third kappa shape index (κ3) is 4.52. The monoisotopic (exact) mass is 448 g/mol. The zero-order valence-corrected chi connectivity index (χ0v) is 18.6. The number of halogens is 3. The van der Waals surface area contributed by atoms with Gasteiger partial charge in [0.25, 0.3) is 0 Å². The average Bonchev–Trinajstić information content (AvgIpc) is 3.15. The van der Waals surface area contributed by atoms with E-state index in [2.05, 4.69) is 22.4 Å². The number of aromatic nitrogens is 2. The summed E-state index contributed by atoms with van der Waals surface area (Å²) in [6.07, 6.45) is 1.44. The first-order valence-electron chi connectivity index (χ1n) is 10.7. The number of rotatable bonds is 3. The predicted molar refractivity (Wildman–Crippen MR) is 113 cm³/mol. The van der Waals surface area contributed by atoms with Crippen molar-refractivity contribution in [3.05, 3.63) is 41.7 Å². The highest BCUT2D eigenvalue weighted by Crippen LogP contribution is 2.49. The molecule has 172 valence electrons. The lowest BCUT2D eigenvalue weighted by atomic mass is 9.83. The minimum atomic E-state index is -1.27. The third-order valence-electron chi connectivity index (χ3n) is 6.20. The highest BCUT2D eigenvalue weighted by atomic mass is 19.2. The second-order valence-corrected chi connectivity index (χ2v) is 10.0. The molecule has 1 aromatic heterocycles. The van der Waals surface area contributed by atoms with Gasteiger partial charge in [-0.15, -0.1) is 10.2 Å². The van der Waals surface area contributed by atoms with Gasteiger partial charge in [0.1, 0.15) is 17.2 Å². The Morgan fingerprint density at radius 2 is 1.97 bits per heavy atom. The zero-order valence-electron chi connectivity index (χ0n) is 18.6. The number of hydrogen-bond donors (Lipinski definition) is 1. The lowest BCUT2D eigenvalue weighted by molar-refractivity contribution is 0.0269. The van der Waals surface area contributed by atoms with Gasteiger partial charge in [0, 0.05) is 30.8 Å². The molecule has 0 spiro atoms. The lowest BCUT2D eigenvalue weighted by Gasteiger charge is -2.27. The third-order valence-corrected chi connectivity index (χ3v) is 6.20. The van der Waals surface area contributed by atoms with E-state index in [1.54, 1.807) is 11.0 Å². The molecule has 1 aromatic carbocycles. The van der Waals surface area contributed by atoms with Gasteiger partial charge in [-0.2, -0.15) is 0 Å². The van der Waals surface area contributed by atoms with Crippen molar-refractivity contribution in [2.24, 2.45) is 11.3 Å². The molecular formula is C23H27F3N4O2. The molecular weight excluding hydrogens is 421 g/mol. The van der Waals surface area contributed by atoms with Crippen LogP contribution in [0.15, 0.2) is 24.3 Å². The molecule has 32 heavy (non-hydrogen) atoms. The van der Waals surface area contributed by atoms with E-state index in [1.807, 2.05) is 20.8 Å². The first kappa shape index (κ1) is 22.4. The molecule has 2 aliphatic rings. The van der Waals surface area contributed by atoms with Crippen molar-refractivity contribution in [2.45, 2.75) is 52.2 Å². The fourth-order valence-corrected chi connectivity index (χ4v) is 4.78. The number of anilines is 1. The van der Waals surface area contributed by atoms with Crippen molar-refractivity contribution in [2.75, 3.05) is 18.4 Å². The van der Waals surface area contributed by atoms with E-state index in [0.717, 1.165) is 18.9 Å². The van der Waals surface area contributed by atoms with Crippen LogP contribution in [0.3, 0.4) is 0 Å². The summed E-state index contributed by atoms with van der Waals surface area (Å²) in [4.78, 5) is 14.2. The van der Waals surface area contributed by atoms with E-state index in [9.17, 15) is 18.0 Å². The Morgan fingerprint density at radius 1 is 1.22 bits per heavy atom. The summed E-state index contributed by atoms with van der Waals surface area (Å²) in [5, 5.41) is 11.3. The Kier molecular flexibility index (Phi) is 5.55. The summed E-state index contributed by atoms with van der Waals surface area (Å²) in [6.45, 7) is 9.04. The number of benzene rings is 1. The van der Waals surface area contributed by atoms with Gasteiger partial charge in [0.05, 0.1) is 5.69 Å². The van der Waals surface area contributed by atoms with Gasteiger partial charge in [-0.25, -0.2) is 18.0 Å². The Hall–Kier alpha value is -2.84. The van der Waals surface area contributed by atoms with Crippen LogP contribution in [0, 0.1) is 28.8 Å². The Morgan fingerprint density at radius 3 is 2.59 bits per heavy atom. The van der Waals surface area contributed by atoms with E-state index >= 15 is 0 Å². The molecule has 1 aliphatic carbocycles. The first-order valence-corrected chi connectivity index (χ1v) is 10.7. The quantitative estimate of drug-likeness (QED) is 0.669. The van der Waals surface area contributed by atoms with Crippen molar-refractivity contribution < 1.29 is 22.7 Å². The molecule has 0 unspecified atom stereocenters. The smallest absolute Gasteiger partial charge is 0.410 e. The van der Waals surface area contributed by atoms with Gasteiger partial charge >= 0.3 is 6.09 Å². The molecule has 3 atom stereocenters. The van der Waals surface area contributed by atoms with Crippen LogP contribution in [0.5, 0.6) is 0 Å². The molecule has 1 saturated carbocycles. The molecule has 1 aliphatic heterocycles. The van der Waals surface area contributed by atoms with Crippen molar-refractivity contribution in [3.8, 4) is 11.3 Å². The molecule has 1 amide bonds. The van der Waals surface area contributed by atoms with Crippen LogP contribution >= 0.6 is 0 Å².